The van der Waals surface area contributed by atoms with Crippen LogP contribution in [0.2, 0.25) is 0 Å². The molecule has 0 aliphatic heterocycles. The lowest BCUT2D eigenvalue weighted by Gasteiger charge is -2.05. The van der Waals surface area contributed by atoms with Crippen LogP contribution in [-0.4, -0.2) is 40.2 Å². The van der Waals surface area contributed by atoms with E-state index in [9.17, 15) is 14.7 Å². The van der Waals surface area contributed by atoms with Crippen molar-refractivity contribution in [3.8, 4) is 5.88 Å². The van der Waals surface area contributed by atoms with E-state index in [1.165, 1.54) is 6.20 Å². The summed E-state index contributed by atoms with van der Waals surface area (Å²) in [5.74, 6) is -1.32. The minimum absolute atomic E-state index is 0.00726. The molecule has 0 amide bonds. The summed E-state index contributed by atoms with van der Waals surface area (Å²) in [5.41, 5.74) is 1.73. The van der Waals surface area contributed by atoms with Gasteiger partial charge in [0.05, 0.1) is 30.3 Å². The molecule has 1 aromatic heterocycles. The fourth-order valence-electron chi connectivity index (χ4n) is 1.72. The minimum atomic E-state index is -0.583. The molecule has 7 heteroatoms. The maximum Gasteiger partial charge on any atom is 0.344 e. The summed E-state index contributed by atoms with van der Waals surface area (Å²) in [4.78, 5) is 30.6. The number of aromatic nitrogens is 2. The molecule has 0 saturated heterocycles. The molecule has 0 bridgehead atoms. The van der Waals surface area contributed by atoms with Gasteiger partial charge < -0.3 is 14.6 Å². The van der Waals surface area contributed by atoms with Crippen molar-refractivity contribution < 1.29 is 24.2 Å². The van der Waals surface area contributed by atoms with Crippen LogP contribution in [0.25, 0.3) is 11.0 Å². The number of benzene rings is 1. The second kappa shape index (κ2) is 6.65. The van der Waals surface area contributed by atoms with E-state index in [0.717, 1.165) is 0 Å². The number of esters is 2. The zero-order valence-corrected chi connectivity index (χ0v) is 11.4. The van der Waals surface area contributed by atoms with Crippen LogP contribution in [0.4, 0.5) is 0 Å². The summed E-state index contributed by atoms with van der Waals surface area (Å²) in [5, 5.41) is 9.28. The lowest BCUT2D eigenvalue weighted by molar-refractivity contribution is -0.158. The largest absolute Gasteiger partial charge is 0.492 e. The van der Waals surface area contributed by atoms with Crippen molar-refractivity contribution in [2.75, 3.05) is 13.2 Å². The van der Waals surface area contributed by atoms with E-state index in [0.29, 0.717) is 16.6 Å². The smallest absolute Gasteiger partial charge is 0.344 e. The summed E-state index contributed by atoms with van der Waals surface area (Å²) >= 11 is 0. The van der Waals surface area contributed by atoms with Gasteiger partial charge in [-0.05, 0) is 24.6 Å². The van der Waals surface area contributed by atoms with Crippen LogP contribution in [0.1, 0.15) is 12.5 Å². The molecular weight excluding hydrogens is 276 g/mol. The first-order valence-electron chi connectivity index (χ1n) is 6.34. The normalized spacial score (nSPS) is 10.3. The molecule has 1 N–H and O–H groups in total. The number of nitrogens with zero attached hydrogens (tertiary/aromatic N) is 2. The fourth-order valence-corrected chi connectivity index (χ4v) is 1.72. The standard InChI is InChI=1S/C14H14N2O5/c1-2-20-14(19)8-21-13(18)6-9-3-4-10-11(5-9)16-12(17)7-15-10/h3-5,7H,2,6,8H2,1H3,(H,16,17). The predicted molar refractivity (Wildman–Crippen MR) is 72.5 cm³/mol. The topological polar surface area (TPSA) is 98.6 Å². The molecule has 110 valence electrons. The van der Waals surface area contributed by atoms with Crippen molar-refractivity contribution in [1.29, 1.82) is 0 Å². The third-order valence-electron chi connectivity index (χ3n) is 2.60. The molecule has 0 radical (unpaired) electrons. The summed E-state index contributed by atoms with van der Waals surface area (Å²) in [6.45, 7) is 1.51. The molecule has 1 aromatic carbocycles. The lowest BCUT2D eigenvalue weighted by atomic mass is 10.1. The second-order valence-electron chi connectivity index (χ2n) is 4.19. The zero-order valence-electron chi connectivity index (χ0n) is 11.4. The van der Waals surface area contributed by atoms with Gasteiger partial charge in [-0.15, -0.1) is 0 Å². The minimum Gasteiger partial charge on any atom is -0.492 e. The number of carbonyl (C=O) groups is 2. The van der Waals surface area contributed by atoms with Crippen LogP contribution in [-0.2, 0) is 25.5 Å². The van der Waals surface area contributed by atoms with Gasteiger partial charge >= 0.3 is 11.9 Å². The highest BCUT2D eigenvalue weighted by molar-refractivity contribution is 5.80. The predicted octanol–water partition coefficient (Wildman–Crippen LogP) is 0.984. The van der Waals surface area contributed by atoms with Crippen LogP contribution >= 0.6 is 0 Å². The van der Waals surface area contributed by atoms with E-state index in [4.69, 9.17) is 4.74 Å². The summed E-state index contributed by atoms with van der Waals surface area (Å²) in [6, 6.07) is 5.03. The lowest BCUT2D eigenvalue weighted by Crippen LogP contribution is -2.17. The molecular formula is C14H14N2O5. The van der Waals surface area contributed by atoms with Crippen molar-refractivity contribution in [3.63, 3.8) is 0 Å². The molecule has 2 aromatic rings. The highest BCUT2D eigenvalue weighted by atomic mass is 16.6. The molecule has 21 heavy (non-hydrogen) atoms. The first kappa shape index (κ1) is 14.7. The Morgan fingerprint density at radius 3 is 2.76 bits per heavy atom. The quantitative estimate of drug-likeness (QED) is 0.819. The second-order valence-corrected chi connectivity index (χ2v) is 4.19. The monoisotopic (exact) mass is 290 g/mol. The third kappa shape index (κ3) is 4.13. The van der Waals surface area contributed by atoms with E-state index in [1.807, 2.05) is 0 Å². The molecule has 0 aliphatic rings. The number of hydrogen-bond acceptors (Lipinski definition) is 7. The van der Waals surface area contributed by atoms with Gasteiger partial charge in [-0.3, -0.25) is 4.79 Å². The molecule has 7 nitrogen and oxygen atoms in total. The number of carbonyl (C=O) groups excluding carboxylic acids is 2. The Bertz CT molecular complexity index is 671. The molecule has 0 unspecified atom stereocenters. The SMILES string of the molecule is CCOC(=O)COC(=O)Cc1ccc2ncc(O)nc2c1. The van der Waals surface area contributed by atoms with E-state index in [1.54, 1.807) is 25.1 Å². The van der Waals surface area contributed by atoms with Gasteiger partial charge in [-0.2, -0.15) is 0 Å². The van der Waals surface area contributed by atoms with Gasteiger partial charge in [0.2, 0.25) is 5.88 Å². The van der Waals surface area contributed by atoms with Crippen molar-refractivity contribution in [1.82, 2.24) is 9.97 Å². The summed E-state index contributed by atoms with van der Waals surface area (Å²) < 4.78 is 9.45. The Balaban J connectivity index is 1.99. The van der Waals surface area contributed by atoms with Gasteiger partial charge in [-0.1, -0.05) is 6.07 Å². The third-order valence-corrected chi connectivity index (χ3v) is 2.60. The number of ether oxygens (including phenoxy) is 2. The van der Waals surface area contributed by atoms with E-state index in [2.05, 4.69) is 14.7 Å². The summed E-state index contributed by atoms with van der Waals surface area (Å²) in [7, 11) is 0. The average Bonchev–Trinajstić information content (AvgIpc) is 2.45. The Morgan fingerprint density at radius 1 is 1.19 bits per heavy atom. The van der Waals surface area contributed by atoms with E-state index < -0.39 is 18.5 Å². The molecule has 0 aliphatic carbocycles. The van der Waals surface area contributed by atoms with Crippen LogP contribution in [0.5, 0.6) is 5.88 Å². The maximum absolute atomic E-state index is 11.6. The maximum atomic E-state index is 11.6. The van der Waals surface area contributed by atoms with Gasteiger partial charge in [0.25, 0.3) is 0 Å². The van der Waals surface area contributed by atoms with Crippen LogP contribution < -0.4 is 0 Å². The zero-order chi connectivity index (χ0) is 15.2. The van der Waals surface area contributed by atoms with E-state index in [-0.39, 0.29) is 18.9 Å². The molecule has 2 rings (SSSR count). The fraction of sp³-hybridized carbons (Fsp3) is 0.286. The molecule has 0 spiro atoms. The Hall–Kier alpha value is -2.70. The Kier molecular flexibility index (Phi) is 4.65. The van der Waals surface area contributed by atoms with Gasteiger partial charge in [0.1, 0.15) is 0 Å². The Morgan fingerprint density at radius 2 is 2.00 bits per heavy atom. The van der Waals surface area contributed by atoms with Crippen LogP contribution in [0, 0.1) is 0 Å². The van der Waals surface area contributed by atoms with Gasteiger partial charge in [0, 0.05) is 0 Å². The number of hydrogen-bond donors (Lipinski definition) is 1. The Labute approximate surface area is 120 Å². The van der Waals surface area contributed by atoms with Crippen molar-refractivity contribution >= 4 is 23.0 Å². The van der Waals surface area contributed by atoms with Crippen LogP contribution in [0.3, 0.4) is 0 Å². The molecule has 0 fully saturated rings. The highest BCUT2D eigenvalue weighted by Crippen LogP contribution is 2.15. The van der Waals surface area contributed by atoms with E-state index >= 15 is 0 Å². The first-order valence-corrected chi connectivity index (χ1v) is 6.34. The number of rotatable bonds is 5. The average molecular weight is 290 g/mol. The number of fused-ring (bicyclic) bond motifs is 1. The van der Waals surface area contributed by atoms with Gasteiger partial charge in [-0.25, -0.2) is 14.8 Å². The first-order chi connectivity index (χ1) is 10.1. The van der Waals surface area contributed by atoms with Crippen molar-refractivity contribution in [2.45, 2.75) is 13.3 Å². The summed E-state index contributed by atoms with van der Waals surface area (Å²) in [6.07, 6.45) is 1.24. The molecule has 0 atom stereocenters. The highest BCUT2D eigenvalue weighted by Gasteiger charge is 2.10. The molecule has 1 heterocycles. The molecule has 0 saturated carbocycles. The number of aromatic hydroxyl groups is 1. The van der Waals surface area contributed by atoms with Crippen LogP contribution in [0.15, 0.2) is 24.4 Å². The van der Waals surface area contributed by atoms with Gasteiger partial charge in [0.15, 0.2) is 6.61 Å². The van der Waals surface area contributed by atoms with Crippen molar-refractivity contribution in [3.05, 3.63) is 30.0 Å². The van der Waals surface area contributed by atoms with Crippen molar-refractivity contribution in [2.24, 2.45) is 0 Å².